The van der Waals surface area contributed by atoms with E-state index in [4.69, 9.17) is 9.47 Å². The number of alkyl carbamates (subject to hydrolysis) is 1. The second-order valence-corrected chi connectivity index (χ2v) is 14.4. The molecule has 4 atom stereocenters. The highest BCUT2D eigenvalue weighted by atomic mass is 16.5. The van der Waals surface area contributed by atoms with Crippen LogP contribution in [0.3, 0.4) is 0 Å². The molecule has 4 N–H and O–H groups in total. The molecule has 16 heteroatoms. The number of benzene rings is 3. The van der Waals surface area contributed by atoms with Gasteiger partial charge in [-0.3, -0.25) is 19.7 Å². The number of methoxy groups -OCH3 is 2. The lowest BCUT2D eigenvalue weighted by molar-refractivity contribution is -0.158. The predicted molar refractivity (Wildman–Crippen MR) is 212 cm³/mol. The van der Waals surface area contributed by atoms with Crippen LogP contribution in [0.2, 0.25) is 0 Å². The number of imidazole rings is 1. The predicted octanol–water partition coefficient (Wildman–Crippen LogP) is 5.26. The molecule has 3 aromatic carbocycles. The topological polar surface area (TPSA) is 204 Å². The van der Waals surface area contributed by atoms with Gasteiger partial charge in [0.15, 0.2) is 0 Å². The van der Waals surface area contributed by atoms with Gasteiger partial charge in [0.2, 0.25) is 12.0 Å². The van der Waals surface area contributed by atoms with Crippen molar-refractivity contribution in [2.45, 2.75) is 63.4 Å². The van der Waals surface area contributed by atoms with Crippen LogP contribution >= 0.6 is 0 Å². The summed E-state index contributed by atoms with van der Waals surface area (Å²) in [6, 6.07) is 20.5. The first-order chi connectivity index (χ1) is 28.0. The van der Waals surface area contributed by atoms with Gasteiger partial charge in [-0.2, -0.15) is 4.99 Å². The third kappa shape index (κ3) is 8.67. The average molecular weight is 791 g/mol. The number of aromatic nitrogens is 2. The maximum atomic E-state index is 13.8. The fourth-order valence-electron chi connectivity index (χ4n) is 7.48. The number of carbonyl (C=O) groups is 5. The van der Waals surface area contributed by atoms with Crippen molar-refractivity contribution in [3.05, 3.63) is 96.4 Å². The summed E-state index contributed by atoms with van der Waals surface area (Å²) in [5, 5.41) is 7.67. The number of ether oxygens (including phenoxy) is 2. The van der Waals surface area contributed by atoms with E-state index in [-0.39, 0.29) is 24.4 Å². The number of amides is 6. The monoisotopic (exact) mass is 790 g/mol. The number of rotatable bonds is 12. The molecule has 6 rings (SSSR count). The first kappa shape index (κ1) is 41.0. The van der Waals surface area contributed by atoms with Gasteiger partial charge in [0.1, 0.15) is 17.9 Å². The first-order valence-corrected chi connectivity index (χ1v) is 19.0. The summed E-state index contributed by atoms with van der Waals surface area (Å²) in [5.74, 6) is -1.02. The third-order valence-corrected chi connectivity index (χ3v) is 10.5. The highest BCUT2D eigenvalue weighted by Gasteiger charge is 2.48. The van der Waals surface area contributed by atoms with Crippen molar-refractivity contribution in [2.24, 2.45) is 10.9 Å². The molecule has 0 aliphatic carbocycles. The Bertz CT molecular complexity index is 2170. The molecule has 302 valence electrons. The molecule has 4 aromatic rings. The van der Waals surface area contributed by atoms with Crippen LogP contribution < -0.4 is 16.0 Å². The molecule has 58 heavy (non-hydrogen) atoms. The summed E-state index contributed by atoms with van der Waals surface area (Å²) in [4.78, 5) is 91.6. The van der Waals surface area contributed by atoms with E-state index < -0.39 is 41.7 Å². The largest absolute Gasteiger partial charge is 0.453 e. The summed E-state index contributed by atoms with van der Waals surface area (Å²) < 4.78 is 10.2. The number of nitrogens with zero attached hydrogens (tertiary/aromatic N) is 4. The number of nitrogens with one attached hydrogen (secondary N) is 4. The van der Waals surface area contributed by atoms with Crippen molar-refractivity contribution < 1.29 is 38.2 Å². The lowest BCUT2D eigenvalue weighted by Crippen LogP contribution is -2.54. The standard InChI is InChI=1S/C42H46N8O8/c1-26(2)35(47-41(56)57-3)38(53)49-22-8-12-33(49)36-43-24-32(46-36)29-16-14-27(15-17-29)28-18-20-31(21-19-28)45-40(55)48-37(52)34-13-9-23-50(34)39(54)42(58-4,44-25-51)30-10-6-5-7-11-30/h5-7,10-11,14-21,24,26,33-35H,8-9,12-13,22-23H2,1-4H3,(H,43,46)(H,47,56)(H2,45,48,52,55)/t33-,34-,35-,42+/m0/s1. The SMILES string of the molecule is COC(=O)N[C@H](C(=O)N1CCC[C@H]1c1ncc(-c2ccc(-c3ccc(NC(=O)NC(=O)[C@@H]4CCCN4C(=O)[C@](N=C=O)(OC)c4ccccc4)cc3)cc2)[nH]1)C(C)C. The van der Waals surface area contributed by atoms with E-state index in [1.807, 2.05) is 50.2 Å². The zero-order chi connectivity index (χ0) is 41.4. The Hall–Kier alpha value is -6.64. The minimum atomic E-state index is -2.02. The van der Waals surface area contributed by atoms with Gasteiger partial charge in [-0.25, -0.2) is 19.4 Å². The Morgan fingerprint density at radius 1 is 0.879 bits per heavy atom. The summed E-state index contributed by atoms with van der Waals surface area (Å²) >= 11 is 0. The number of likely N-dealkylation sites (tertiary alicyclic amines) is 2. The summed E-state index contributed by atoms with van der Waals surface area (Å²) in [7, 11) is 2.52. The number of isocyanates is 1. The van der Waals surface area contributed by atoms with Gasteiger partial charge in [0.25, 0.3) is 17.5 Å². The Morgan fingerprint density at radius 3 is 2.16 bits per heavy atom. The van der Waals surface area contributed by atoms with Crippen LogP contribution in [0.1, 0.15) is 57.0 Å². The highest BCUT2D eigenvalue weighted by Crippen LogP contribution is 2.34. The van der Waals surface area contributed by atoms with Gasteiger partial charge in [-0.15, -0.1) is 0 Å². The lowest BCUT2D eigenvalue weighted by atomic mass is 10.0. The summed E-state index contributed by atoms with van der Waals surface area (Å²) in [5.41, 5.74) is 2.23. The molecule has 2 saturated heterocycles. The van der Waals surface area contributed by atoms with Crippen molar-refractivity contribution in [1.29, 1.82) is 0 Å². The van der Waals surface area contributed by atoms with Gasteiger partial charge in [0.05, 0.1) is 25.0 Å². The molecule has 2 fully saturated rings. The second-order valence-electron chi connectivity index (χ2n) is 14.4. The van der Waals surface area contributed by atoms with Crippen LogP contribution in [0.4, 0.5) is 15.3 Å². The number of hydrogen-bond acceptors (Lipinski definition) is 10. The van der Waals surface area contributed by atoms with Gasteiger partial charge in [-0.1, -0.05) is 80.6 Å². The van der Waals surface area contributed by atoms with Crippen LogP contribution in [-0.2, 0) is 34.4 Å². The number of carbonyl (C=O) groups excluding carboxylic acids is 6. The van der Waals surface area contributed by atoms with Crippen molar-refractivity contribution in [1.82, 2.24) is 30.4 Å². The van der Waals surface area contributed by atoms with Gasteiger partial charge in [-0.05, 0) is 60.4 Å². The highest BCUT2D eigenvalue weighted by molar-refractivity contribution is 6.04. The molecule has 2 aliphatic rings. The van der Waals surface area contributed by atoms with Gasteiger partial charge in [0, 0.05) is 31.5 Å². The van der Waals surface area contributed by atoms with Crippen LogP contribution in [0.25, 0.3) is 22.4 Å². The van der Waals surface area contributed by atoms with E-state index >= 15 is 0 Å². The van der Waals surface area contributed by atoms with Crippen LogP contribution in [-0.4, -0.2) is 95.1 Å². The normalized spacial score (nSPS) is 17.8. The number of aromatic amines is 1. The zero-order valence-electron chi connectivity index (χ0n) is 32.7. The molecule has 0 bridgehead atoms. The number of aliphatic imine (C=N–C) groups is 1. The van der Waals surface area contributed by atoms with E-state index in [0.29, 0.717) is 36.5 Å². The van der Waals surface area contributed by atoms with E-state index in [2.05, 4.69) is 30.9 Å². The molecular formula is C42H46N8O8. The van der Waals surface area contributed by atoms with Gasteiger partial charge < -0.3 is 34.9 Å². The Balaban J connectivity index is 1.06. The molecule has 0 unspecified atom stereocenters. The van der Waals surface area contributed by atoms with Gasteiger partial charge >= 0.3 is 12.1 Å². The molecule has 0 spiro atoms. The number of imide groups is 1. The molecule has 0 radical (unpaired) electrons. The fourth-order valence-corrected chi connectivity index (χ4v) is 7.48. The quantitative estimate of drug-likeness (QED) is 0.109. The number of urea groups is 1. The molecular weight excluding hydrogens is 745 g/mol. The molecule has 1 aromatic heterocycles. The number of hydrogen-bond donors (Lipinski definition) is 4. The number of H-pyrrole nitrogens is 1. The molecule has 6 amide bonds. The Kier molecular flexibility index (Phi) is 12.8. The van der Waals surface area contributed by atoms with E-state index in [1.165, 1.54) is 25.2 Å². The van der Waals surface area contributed by atoms with Crippen LogP contribution in [0, 0.1) is 5.92 Å². The Morgan fingerprint density at radius 2 is 1.52 bits per heavy atom. The van der Waals surface area contributed by atoms with E-state index in [9.17, 15) is 28.8 Å². The van der Waals surface area contributed by atoms with Crippen molar-refractivity contribution in [3.63, 3.8) is 0 Å². The Labute approximate surface area is 335 Å². The second kappa shape index (κ2) is 18.1. The van der Waals surface area contributed by atoms with Crippen molar-refractivity contribution >= 4 is 41.6 Å². The minimum absolute atomic E-state index is 0.133. The molecule has 3 heterocycles. The molecule has 0 saturated carbocycles. The molecule has 16 nitrogen and oxygen atoms in total. The van der Waals surface area contributed by atoms with Crippen LogP contribution in [0.15, 0.2) is 90.1 Å². The third-order valence-electron chi connectivity index (χ3n) is 10.5. The van der Waals surface area contributed by atoms with Crippen LogP contribution in [0.5, 0.6) is 0 Å². The van der Waals surface area contributed by atoms with Crippen molar-refractivity contribution in [2.75, 3.05) is 32.6 Å². The zero-order valence-corrected chi connectivity index (χ0v) is 32.7. The molecule has 2 aliphatic heterocycles. The minimum Gasteiger partial charge on any atom is -0.453 e. The summed E-state index contributed by atoms with van der Waals surface area (Å²) in [6.07, 6.45) is 4.88. The van der Waals surface area contributed by atoms with E-state index in [0.717, 1.165) is 35.2 Å². The average Bonchev–Trinajstić information content (AvgIpc) is 4.04. The lowest BCUT2D eigenvalue weighted by Gasteiger charge is -2.33. The van der Waals surface area contributed by atoms with Crippen molar-refractivity contribution in [3.8, 4) is 22.4 Å². The fraction of sp³-hybridized carbons (Fsp3) is 0.357. The number of anilines is 1. The first-order valence-electron chi connectivity index (χ1n) is 19.0. The maximum Gasteiger partial charge on any atom is 0.407 e. The summed E-state index contributed by atoms with van der Waals surface area (Å²) in [6.45, 7) is 4.51. The van der Waals surface area contributed by atoms with E-state index in [1.54, 1.807) is 53.6 Å². The maximum absolute atomic E-state index is 13.8. The smallest absolute Gasteiger partial charge is 0.407 e.